The molecule has 0 aromatic carbocycles. The number of carboxylic acid groups (broad SMARTS) is 2. The number of aliphatic carboxylic acids is 2. The summed E-state index contributed by atoms with van der Waals surface area (Å²) in [6.07, 6.45) is -1.41. The van der Waals surface area contributed by atoms with E-state index >= 15 is 0 Å². The van der Waals surface area contributed by atoms with Crippen LogP contribution in [0.3, 0.4) is 0 Å². The van der Waals surface area contributed by atoms with Gasteiger partial charge in [-0.3, -0.25) is 19.2 Å². The zero-order valence-corrected chi connectivity index (χ0v) is 18.6. The molecular formula is C18H32N4O8S. The summed E-state index contributed by atoms with van der Waals surface area (Å²) in [5, 5.41) is 34.7. The molecule has 0 heterocycles. The molecule has 0 aromatic heterocycles. The highest BCUT2D eigenvalue weighted by atomic mass is 32.1. The van der Waals surface area contributed by atoms with E-state index in [-0.39, 0.29) is 24.5 Å². The predicted molar refractivity (Wildman–Crippen MR) is 113 cm³/mol. The van der Waals surface area contributed by atoms with Gasteiger partial charge in [-0.1, -0.05) is 20.3 Å². The molecule has 178 valence electrons. The van der Waals surface area contributed by atoms with Crippen LogP contribution in [0.1, 0.15) is 40.0 Å². The summed E-state index contributed by atoms with van der Waals surface area (Å²) in [7, 11) is 0. The lowest BCUT2D eigenvalue weighted by atomic mass is 9.99. The van der Waals surface area contributed by atoms with Gasteiger partial charge >= 0.3 is 11.9 Å². The maximum Gasteiger partial charge on any atom is 0.326 e. The number of nitrogens with one attached hydrogen (secondary N) is 3. The van der Waals surface area contributed by atoms with Crippen LogP contribution in [0.2, 0.25) is 0 Å². The van der Waals surface area contributed by atoms with Crippen LogP contribution in [-0.4, -0.2) is 81.0 Å². The molecule has 13 heteroatoms. The molecule has 0 saturated carbocycles. The standard InChI is InChI=1S/C18H32N4O8S/c1-4-8(2)13(18(29)30)21-16(27)11(7-31)20-17(28)14(9(3)23)22-15(26)10(19)5-6-12(24)25/h8-11,13-14,23,31H,4-7,19H2,1-3H3,(H,20,28)(H,21,27)(H,22,26)(H,24,25)(H,29,30). The second kappa shape index (κ2) is 13.8. The van der Waals surface area contributed by atoms with Crippen LogP contribution in [-0.2, 0) is 24.0 Å². The molecule has 8 N–H and O–H groups in total. The molecule has 12 nitrogen and oxygen atoms in total. The minimum atomic E-state index is -1.48. The van der Waals surface area contributed by atoms with Crippen molar-refractivity contribution in [1.82, 2.24) is 16.0 Å². The van der Waals surface area contributed by atoms with Crippen LogP contribution in [0.25, 0.3) is 0 Å². The lowest BCUT2D eigenvalue weighted by Crippen LogP contribution is -2.60. The first kappa shape index (κ1) is 28.6. The van der Waals surface area contributed by atoms with E-state index in [0.29, 0.717) is 6.42 Å². The van der Waals surface area contributed by atoms with Gasteiger partial charge in [0.2, 0.25) is 17.7 Å². The van der Waals surface area contributed by atoms with Crippen LogP contribution in [0.4, 0.5) is 0 Å². The average Bonchev–Trinajstić information content (AvgIpc) is 2.70. The molecule has 31 heavy (non-hydrogen) atoms. The normalized spacial score (nSPS) is 16.7. The lowest BCUT2D eigenvalue weighted by Gasteiger charge is -2.26. The number of aliphatic hydroxyl groups excluding tert-OH is 1. The smallest absolute Gasteiger partial charge is 0.326 e. The van der Waals surface area contributed by atoms with E-state index in [1.165, 1.54) is 6.92 Å². The van der Waals surface area contributed by atoms with E-state index in [0.717, 1.165) is 0 Å². The fourth-order valence-electron chi connectivity index (χ4n) is 2.47. The van der Waals surface area contributed by atoms with Crippen molar-refractivity contribution < 1.29 is 39.3 Å². The van der Waals surface area contributed by atoms with Gasteiger partial charge in [-0.05, 0) is 19.3 Å². The van der Waals surface area contributed by atoms with Crippen LogP contribution in [0, 0.1) is 5.92 Å². The first-order valence-electron chi connectivity index (χ1n) is 9.75. The quantitative estimate of drug-likeness (QED) is 0.134. The Morgan fingerprint density at radius 1 is 0.935 bits per heavy atom. The topological polar surface area (TPSA) is 208 Å². The molecule has 0 aliphatic rings. The number of carboxylic acids is 2. The van der Waals surface area contributed by atoms with Gasteiger partial charge < -0.3 is 37.0 Å². The molecule has 0 aliphatic carbocycles. The second-order valence-electron chi connectivity index (χ2n) is 7.22. The Kier molecular flexibility index (Phi) is 12.8. The lowest BCUT2D eigenvalue weighted by molar-refractivity contribution is -0.144. The summed E-state index contributed by atoms with van der Waals surface area (Å²) >= 11 is 4.00. The number of nitrogens with two attached hydrogens (primary N) is 1. The molecule has 0 spiro atoms. The molecule has 0 aromatic rings. The monoisotopic (exact) mass is 464 g/mol. The van der Waals surface area contributed by atoms with Gasteiger partial charge in [-0.15, -0.1) is 0 Å². The van der Waals surface area contributed by atoms with Gasteiger partial charge in [0.15, 0.2) is 0 Å². The fourth-order valence-corrected chi connectivity index (χ4v) is 2.73. The Hall–Kier alpha value is -2.38. The van der Waals surface area contributed by atoms with Crippen molar-refractivity contribution in [2.45, 2.75) is 70.3 Å². The molecule has 0 rings (SSSR count). The number of aliphatic hydroxyl groups is 1. The van der Waals surface area contributed by atoms with Crippen molar-refractivity contribution in [2.75, 3.05) is 5.75 Å². The Balaban J connectivity index is 5.18. The summed E-state index contributed by atoms with van der Waals surface area (Å²) in [6, 6.07) is -5.11. The summed E-state index contributed by atoms with van der Waals surface area (Å²) in [4.78, 5) is 59.1. The van der Waals surface area contributed by atoms with Crippen molar-refractivity contribution in [3.8, 4) is 0 Å². The number of hydrogen-bond acceptors (Lipinski definition) is 8. The van der Waals surface area contributed by atoms with Gasteiger partial charge in [0.25, 0.3) is 0 Å². The van der Waals surface area contributed by atoms with Gasteiger partial charge in [0.1, 0.15) is 18.1 Å². The summed E-state index contributed by atoms with van der Waals surface area (Å²) in [5.74, 6) is -5.47. The third kappa shape index (κ3) is 9.98. The van der Waals surface area contributed by atoms with E-state index < -0.39 is 59.9 Å². The summed E-state index contributed by atoms with van der Waals surface area (Å²) in [6.45, 7) is 4.65. The first-order chi connectivity index (χ1) is 14.3. The molecule has 6 atom stereocenters. The minimum absolute atomic E-state index is 0.177. The average molecular weight is 465 g/mol. The van der Waals surface area contributed by atoms with E-state index in [1.807, 2.05) is 0 Å². The van der Waals surface area contributed by atoms with Crippen molar-refractivity contribution >= 4 is 42.3 Å². The molecule has 0 fully saturated rings. The molecule has 0 bridgehead atoms. The number of carbonyl (C=O) groups is 5. The number of rotatable bonds is 14. The Morgan fingerprint density at radius 2 is 1.48 bits per heavy atom. The van der Waals surface area contributed by atoms with E-state index in [1.54, 1.807) is 13.8 Å². The molecule has 6 unspecified atom stereocenters. The Bertz CT molecular complexity index is 660. The second-order valence-corrected chi connectivity index (χ2v) is 7.58. The van der Waals surface area contributed by atoms with Gasteiger partial charge in [-0.2, -0.15) is 12.6 Å². The van der Waals surface area contributed by atoms with Crippen molar-refractivity contribution in [3.63, 3.8) is 0 Å². The van der Waals surface area contributed by atoms with Crippen LogP contribution >= 0.6 is 12.6 Å². The van der Waals surface area contributed by atoms with Crippen LogP contribution < -0.4 is 21.7 Å². The highest BCUT2D eigenvalue weighted by molar-refractivity contribution is 7.80. The van der Waals surface area contributed by atoms with E-state index in [9.17, 15) is 34.2 Å². The highest BCUT2D eigenvalue weighted by Crippen LogP contribution is 2.08. The molecule has 0 radical (unpaired) electrons. The van der Waals surface area contributed by atoms with Crippen LogP contribution in [0.15, 0.2) is 0 Å². The fraction of sp³-hybridized carbons (Fsp3) is 0.722. The molecule has 3 amide bonds. The van der Waals surface area contributed by atoms with Gasteiger partial charge in [0.05, 0.1) is 12.1 Å². The highest BCUT2D eigenvalue weighted by Gasteiger charge is 2.33. The summed E-state index contributed by atoms with van der Waals surface area (Å²) < 4.78 is 0. The van der Waals surface area contributed by atoms with Gasteiger partial charge in [-0.25, -0.2) is 4.79 Å². The predicted octanol–water partition coefficient (Wildman–Crippen LogP) is -1.93. The molecule has 0 aliphatic heterocycles. The largest absolute Gasteiger partial charge is 0.481 e. The van der Waals surface area contributed by atoms with Gasteiger partial charge in [0, 0.05) is 12.2 Å². The molecular weight excluding hydrogens is 432 g/mol. The van der Waals surface area contributed by atoms with Crippen molar-refractivity contribution in [1.29, 1.82) is 0 Å². The Labute approximate surface area is 185 Å². The first-order valence-corrected chi connectivity index (χ1v) is 10.4. The number of carbonyl (C=O) groups excluding carboxylic acids is 3. The minimum Gasteiger partial charge on any atom is -0.481 e. The third-order valence-electron chi connectivity index (χ3n) is 4.66. The SMILES string of the molecule is CCC(C)C(NC(=O)C(CS)NC(=O)C(NC(=O)C(N)CCC(=O)O)C(C)O)C(=O)O. The van der Waals surface area contributed by atoms with Crippen molar-refractivity contribution in [2.24, 2.45) is 11.7 Å². The zero-order chi connectivity index (χ0) is 24.3. The van der Waals surface area contributed by atoms with E-state index in [2.05, 4.69) is 28.6 Å². The number of amides is 3. The Morgan fingerprint density at radius 3 is 1.90 bits per heavy atom. The van der Waals surface area contributed by atoms with Crippen molar-refractivity contribution in [3.05, 3.63) is 0 Å². The van der Waals surface area contributed by atoms with E-state index in [4.69, 9.17) is 10.8 Å². The molecule has 0 saturated heterocycles. The third-order valence-corrected chi connectivity index (χ3v) is 5.03. The summed E-state index contributed by atoms with van der Waals surface area (Å²) in [5.41, 5.74) is 5.59. The van der Waals surface area contributed by atoms with Crippen LogP contribution in [0.5, 0.6) is 0 Å². The number of thiol groups is 1. The zero-order valence-electron chi connectivity index (χ0n) is 17.7. The maximum atomic E-state index is 12.5. The number of hydrogen-bond donors (Lipinski definition) is 8. The maximum absolute atomic E-state index is 12.5.